The largest absolute Gasteiger partial charge is 0.481 e. The smallest absolute Gasteiger partial charge is 0.306 e. The summed E-state index contributed by atoms with van der Waals surface area (Å²) in [5.74, 6) is -1.40. The number of carbonyl (C=O) groups is 3. The molecule has 1 aliphatic heterocycles. The number of nitrogens with zero attached hydrogens (tertiary/aromatic N) is 1. The van der Waals surface area contributed by atoms with Crippen molar-refractivity contribution in [3.63, 3.8) is 0 Å². The third-order valence-corrected chi connectivity index (χ3v) is 4.69. The average Bonchev–Trinajstić information content (AvgIpc) is 3.09. The molecule has 0 radical (unpaired) electrons. The van der Waals surface area contributed by atoms with Gasteiger partial charge in [0.15, 0.2) is 0 Å². The maximum absolute atomic E-state index is 12.4. The lowest BCUT2D eigenvalue weighted by Gasteiger charge is -2.15. The van der Waals surface area contributed by atoms with Crippen molar-refractivity contribution in [1.82, 2.24) is 0 Å². The van der Waals surface area contributed by atoms with Crippen molar-refractivity contribution >= 4 is 29.2 Å². The third-order valence-electron chi connectivity index (χ3n) is 4.69. The summed E-state index contributed by atoms with van der Waals surface area (Å²) in [6.07, 6.45) is 1.88. The molecule has 0 saturated carbocycles. The zero-order chi connectivity index (χ0) is 19.4. The molecule has 0 aliphatic carbocycles. The lowest BCUT2D eigenvalue weighted by molar-refractivity contribution is -0.141. The first-order chi connectivity index (χ1) is 12.9. The molecule has 0 bridgehead atoms. The molecule has 2 aromatic carbocycles. The van der Waals surface area contributed by atoms with Crippen LogP contribution in [0.3, 0.4) is 0 Å². The van der Waals surface area contributed by atoms with Crippen LogP contribution in [0.25, 0.3) is 0 Å². The van der Waals surface area contributed by atoms with Crippen molar-refractivity contribution in [1.29, 1.82) is 0 Å². The first-order valence-electron chi connectivity index (χ1n) is 8.97. The number of hydrogen-bond acceptors (Lipinski definition) is 3. The monoisotopic (exact) mass is 366 g/mol. The number of anilines is 2. The van der Waals surface area contributed by atoms with Crippen LogP contribution in [0.5, 0.6) is 0 Å². The molecule has 27 heavy (non-hydrogen) atoms. The molecule has 2 N–H and O–H groups in total. The van der Waals surface area contributed by atoms with Crippen LogP contribution < -0.4 is 10.2 Å². The number of amides is 2. The van der Waals surface area contributed by atoms with Gasteiger partial charge in [-0.15, -0.1) is 0 Å². The van der Waals surface area contributed by atoms with Crippen LogP contribution in [0, 0.1) is 5.92 Å². The second-order valence-electron chi connectivity index (χ2n) is 6.79. The van der Waals surface area contributed by atoms with Gasteiger partial charge in [-0.3, -0.25) is 14.4 Å². The summed E-state index contributed by atoms with van der Waals surface area (Å²) in [5.41, 5.74) is 2.87. The van der Waals surface area contributed by atoms with Gasteiger partial charge in [0, 0.05) is 29.9 Å². The number of carboxylic acids is 1. The first-order valence-corrected chi connectivity index (χ1v) is 8.97. The van der Waals surface area contributed by atoms with Crippen molar-refractivity contribution < 1.29 is 19.5 Å². The van der Waals surface area contributed by atoms with Gasteiger partial charge in [-0.1, -0.05) is 19.1 Å². The van der Waals surface area contributed by atoms with Gasteiger partial charge in [0.05, 0.1) is 5.92 Å². The van der Waals surface area contributed by atoms with Crippen molar-refractivity contribution in [3.05, 3.63) is 59.7 Å². The lowest BCUT2D eigenvalue weighted by atomic mass is 10.0. The van der Waals surface area contributed by atoms with E-state index >= 15 is 0 Å². The molecule has 1 atom stereocenters. The maximum Gasteiger partial charge on any atom is 0.306 e. The zero-order valence-corrected chi connectivity index (χ0v) is 15.1. The molecule has 0 aromatic heterocycles. The van der Waals surface area contributed by atoms with Crippen LogP contribution in [0.1, 0.15) is 35.7 Å². The van der Waals surface area contributed by atoms with Crippen LogP contribution in [0.4, 0.5) is 11.4 Å². The fourth-order valence-corrected chi connectivity index (χ4v) is 3.08. The van der Waals surface area contributed by atoms with Gasteiger partial charge in [-0.05, 0) is 54.8 Å². The minimum atomic E-state index is -0.827. The summed E-state index contributed by atoms with van der Waals surface area (Å²) < 4.78 is 0. The molecule has 2 aromatic rings. The van der Waals surface area contributed by atoms with Crippen molar-refractivity contribution in [2.45, 2.75) is 26.2 Å². The number of hydrogen-bond donors (Lipinski definition) is 2. The quantitative estimate of drug-likeness (QED) is 0.821. The number of aliphatic carboxylic acids is 1. The minimum Gasteiger partial charge on any atom is -0.481 e. The predicted molar refractivity (Wildman–Crippen MR) is 103 cm³/mol. The van der Waals surface area contributed by atoms with E-state index in [1.165, 1.54) is 0 Å². The van der Waals surface area contributed by atoms with Crippen molar-refractivity contribution in [2.24, 2.45) is 5.92 Å². The normalized spacial score (nSPS) is 14.9. The fraction of sp³-hybridized carbons (Fsp3) is 0.286. The van der Waals surface area contributed by atoms with Gasteiger partial charge < -0.3 is 15.3 Å². The molecule has 1 heterocycles. The highest BCUT2D eigenvalue weighted by atomic mass is 16.4. The zero-order valence-electron chi connectivity index (χ0n) is 15.1. The Morgan fingerprint density at radius 2 is 1.78 bits per heavy atom. The molecule has 0 spiro atoms. The Kier molecular flexibility index (Phi) is 5.54. The molecule has 1 fully saturated rings. The Labute approximate surface area is 157 Å². The Hall–Kier alpha value is -3.15. The van der Waals surface area contributed by atoms with Crippen LogP contribution in [-0.2, 0) is 16.0 Å². The van der Waals surface area contributed by atoms with Gasteiger partial charge in [0.2, 0.25) is 5.91 Å². The maximum atomic E-state index is 12.4. The van der Waals surface area contributed by atoms with Gasteiger partial charge in [-0.25, -0.2) is 0 Å². The number of rotatable bonds is 6. The number of carboxylic acid groups (broad SMARTS) is 1. The summed E-state index contributed by atoms with van der Waals surface area (Å²) in [7, 11) is 0. The van der Waals surface area contributed by atoms with Crippen LogP contribution in [-0.4, -0.2) is 29.4 Å². The van der Waals surface area contributed by atoms with Gasteiger partial charge in [-0.2, -0.15) is 0 Å². The molecular weight excluding hydrogens is 344 g/mol. The highest BCUT2D eigenvalue weighted by Gasteiger charge is 2.21. The van der Waals surface area contributed by atoms with Gasteiger partial charge in [0.1, 0.15) is 0 Å². The second kappa shape index (κ2) is 8.03. The van der Waals surface area contributed by atoms with E-state index in [1.54, 1.807) is 48.2 Å². The van der Waals surface area contributed by atoms with E-state index in [9.17, 15) is 14.4 Å². The van der Waals surface area contributed by atoms with E-state index in [0.29, 0.717) is 24.1 Å². The van der Waals surface area contributed by atoms with Crippen molar-refractivity contribution in [2.75, 3.05) is 16.8 Å². The van der Waals surface area contributed by atoms with Gasteiger partial charge in [0.25, 0.3) is 5.91 Å². The fourth-order valence-electron chi connectivity index (χ4n) is 3.08. The van der Waals surface area contributed by atoms with Crippen molar-refractivity contribution in [3.8, 4) is 0 Å². The average molecular weight is 366 g/mol. The van der Waals surface area contributed by atoms with E-state index < -0.39 is 11.9 Å². The summed E-state index contributed by atoms with van der Waals surface area (Å²) in [5, 5.41) is 11.8. The number of nitrogens with one attached hydrogen (secondary N) is 1. The van der Waals surface area contributed by atoms with Crippen LogP contribution in [0.15, 0.2) is 48.5 Å². The Balaban J connectivity index is 1.61. The summed E-state index contributed by atoms with van der Waals surface area (Å²) in [4.78, 5) is 36.8. The molecule has 1 unspecified atom stereocenters. The predicted octanol–water partition coefficient (Wildman–Crippen LogP) is 3.33. The highest BCUT2D eigenvalue weighted by Crippen LogP contribution is 2.22. The standard InChI is InChI=1S/C21H22N2O4/c1-14(21(26)27)13-15-4-8-17(9-5-15)22-20(25)16-6-10-18(11-7-16)23-12-2-3-19(23)24/h4-11,14H,2-3,12-13H2,1H3,(H,22,25)(H,26,27). The first kappa shape index (κ1) is 18.6. The minimum absolute atomic E-state index is 0.115. The molecule has 140 valence electrons. The van der Waals surface area contributed by atoms with Crippen LogP contribution in [0.2, 0.25) is 0 Å². The molecule has 1 saturated heterocycles. The summed E-state index contributed by atoms with van der Waals surface area (Å²) in [6.45, 7) is 2.38. The Morgan fingerprint density at radius 1 is 1.11 bits per heavy atom. The van der Waals surface area contributed by atoms with E-state index in [1.807, 2.05) is 12.1 Å². The number of benzene rings is 2. The molecule has 2 amide bonds. The van der Waals surface area contributed by atoms with Gasteiger partial charge >= 0.3 is 5.97 Å². The topological polar surface area (TPSA) is 86.7 Å². The molecule has 3 rings (SSSR count). The molecule has 6 heteroatoms. The highest BCUT2D eigenvalue weighted by molar-refractivity contribution is 6.04. The summed E-state index contributed by atoms with van der Waals surface area (Å²) >= 11 is 0. The Bertz CT molecular complexity index is 843. The van der Waals surface area contributed by atoms with E-state index in [4.69, 9.17) is 5.11 Å². The molecule has 6 nitrogen and oxygen atoms in total. The molecular formula is C21H22N2O4. The van der Waals surface area contributed by atoms with E-state index in [0.717, 1.165) is 24.2 Å². The van der Waals surface area contributed by atoms with Crippen LogP contribution >= 0.6 is 0 Å². The SMILES string of the molecule is CC(Cc1ccc(NC(=O)c2ccc(N3CCCC3=O)cc2)cc1)C(=O)O. The summed E-state index contributed by atoms with van der Waals surface area (Å²) in [6, 6.07) is 14.1. The Morgan fingerprint density at radius 3 is 2.33 bits per heavy atom. The third kappa shape index (κ3) is 4.53. The molecule has 1 aliphatic rings. The van der Waals surface area contributed by atoms with E-state index in [-0.39, 0.29) is 11.8 Å². The number of carbonyl (C=O) groups excluding carboxylic acids is 2. The second-order valence-corrected chi connectivity index (χ2v) is 6.79. The lowest BCUT2D eigenvalue weighted by Crippen LogP contribution is -2.23. The van der Waals surface area contributed by atoms with E-state index in [2.05, 4.69) is 5.32 Å².